The summed E-state index contributed by atoms with van der Waals surface area (Å²) >= 11 is 3.28. The van der Waals surface area contributed by atoms with Crippen LogP contribution in [0.1, 0.15) is 22.9 Å². The molecule has 0 spiro atoms. The maximum absolute atomic E-state index is 14.0. The Hall–Kier alpha value is -1.31. The number of halogens is 2. The molecule has 2 rings (SSSR count). The first-order valence-corrected chi connectivity index (χ1v) is 6.11. The number of hydrogen-bond donors (Lipinski definition) is 2. The van der Waals surface area contributed by atoms with Crippen molar-refractivity contribution in [2.75, 3.05) is 0 Å². The fraction of sp³-hybridized carbons (Fsp3) is 0.273. The fourth-order valence-electron chi connectivity index (χ4n) is 1.83. The number of benzene rings is 1. The standard InChI is InChI=1S/C11H13BrFN5/c1-6-3-4-7(8(13)5-6)9(15-14)10-11(12)16-17-18(10)2/h3-5,9,15H,14H2,1-2H3. The van der Waals surface area contributed by atoms with Gasteiger partial charge in [-0.1, -0.05) is 17.3 Å². The average molecular weight is 314 g/mol. The molecule has 18 heavy (non-hydrogen) atoms. The van der Waals surface area contributed by atoms with E-state index in [0.717, 1.165) is 5.56 Å². The van der Waals surface area contributed by atoms with E-state index in [4.69, 9.17) is 5.84 Å². The van der Waals surface area contributed by atoms with Gasteiger partial charge in [-0.25, -0.2) is 14.5 Å². The summed E-state index contributed by atoms with van der Waals surface area (Å²) < 4.78 is 16.1. The van der Waals surface area contributed by atoms with Crippen LogP contribution in [0.5, 0.6) is 0 Å². The molecule has 2 aromatic rings. The van der Waals surface area contributed by atoms with Crippen molar-refractivity contribution >= 4 is 15.9 Å². The summed E-state index contributed by atoms with van der Waals surface area (Å²) in [6.45, 7) is 1.83. The van der Waals surface area contributed by atoms with Crippen molar-refractivity contribution in [3.63, 3.8) is 0 Å². The highest BCUT2D eigenvalue weighted by Gasteiger charge is 2.23. The first kappa shape index (κ1) is 13.1. The summed E-state index contributed by atoms with van der Waals surface area (Å²) in [7, 11) is 1.73. The van der Waals surface area contributed by atoms with Gasteiger partial charge in [-0.05, 0) is 34.5 Å². The minimum Gasteiger partial charge on any atom is -0.271 e. The summed E-state index contributed by atoms with van der Waals surface area (Å²) in [6, 6.07) is 4.49. The molecule has 1 unspecified atom stereocenters. The Kier molecular flexibility index (Phi) is 3.74. The van der Waals surface area contributed by atoms with Crippen LogP contribution < -0.4 is 11.3 Å². The maximum atomic E-state index is 14.0. The molecule has 0 radical (unpaired) electrons. The van der Waals surface area contributed by atoms with Crippen LogP contribution in [-0.2, 0) is 7.05 Å². The molecule has 5 nitrogen and oxygen atoms in total. The molecule has 0 amide bonds. The minimum atomic E-state index is -0.514. The Morgan fingerprint density at radius 2 is 2.22 bits per heavy atom. The Labute approximate surface area is 112 Å². The second-order valence-electron chi connectivity index (χ2n) is 4.01. The predicted molar refractivity (Wildman–Crippen MR) is 69.0 cm³/mol. The molecular formula is C11H13BrFN5. The van der Waals surface area contributed by atoms with Gasteiger partial charge in [0.1, 0.15) is 5.82 Å². The SMILES string of the molecule is Cc1ccc(C(NN)c2c(Br)nnn2C)c(F)c1. The number of nitrogens with two attached hydrogens (primary N) is 1. The lowest BCUT2D eigenvalue weighted by atomic mass is 10.0. The number of hydrogen-bond acceptors (Lipinski definition) is 4. The van der Waals surface area contributed by atoms with Gasteiger partial charge in [0.05, 0.1) is 11.7 Å². The van der Waals surface area contributed by atoms with Gasteiger partial charge in [0.2, 0.25) is 0 Å². The van der Waals surface area contributed by atoms with E-state index in [1.807, 2.05) is 13.0 Å². The maximum Gasteiger partial charge on any atom is 0.153 e. The molecule has 0 aliphatic rings. The highest BCUT2D eigenvalue weighted by molar-refractivity contribution is 9.10. The van der Waals surface area contributed by atoms with E-state index < -0.39 is 6.04 Å². The van der Waals surface area contributed by atoms with Gasteiger partial charge in [-0.3, -0.25) is 5.84 Å². The fourth-order valence-corrected chi connectivity index (χ4v) is 2.38. The van der Waals surface area contributed by atoms with E-state index >= 15 is 0 Å². The minimum absolute atomic E-state index is 0.314. The smallest absolute Gasteiger partial charge is 0.153 e. The Balaban J connectivity index is 2.52. The van der Waals surface area contributed by atoms with Crippen LogP contribution in [0, 0.1) is 12.7 Å². The number of nitrogens with zero attached hydrogens (tertiary/aromatic N) is 3. The van der Waals surface area contributed by atoms with Crippen LogP contribution in [0.15, 0.2) is 22.8 Å². The second-order valence-corrected chi connectivity index (χ2v) is 4.76. The van der Waals surface area contributed by atoms with Gasteiger partial charge in [0.15, 0.2) is 4.60 Å². The van der Waals surface area contributed by atoms with E-state index in [-0.39, 0.29) is 5.82 Å². The van der Waals surface area contributed by atoms with Crippen molar-refractivity contribution in [3.05, 3.63) is 45.4 Å². The van der Waals surface area contributed by atoms with Crippen LogP contribution in [-0.4, -0.2) is 15.0 Å². The van der Waals surface area contributed by atoms with Crippen LogP contribution >= 0.6 is 15.9 Å². The zero-order valence-corrected chi connectivity index (χ0v) is 11.6. The van der Waals surface area contributed by atoms with E-state index in [1.165, 1.54) is 6.07 Å². The molecule has 0 aliphatic carbocycles. The van der Waals surface area contributed by atoms with E-state index in [9.17, 15) is 4.39 Å². The van der Waals surface area contributed by atoms with Crippen molar-refractivity contribution < 1.29 is 4.39 Å². The third-order valence-corrected chi connectivity index (χ3v) is 3.30. The van der Waals surface area contributed by atoms with Gasteiger partial charge >= 0.3 is 0 Å². The Morgan fingerprint density at radius 1 is 1.50 bits per heavy atom. The molecule has 0 aliphatic heterocycles. The van der Waals surface area contributed by atoms with E-state index in [2.05, 4.69) is 31.7 Å². The summed E-state index contributed by atoms with van der Waals surface area (Å²) in [4.78, 5) is 0. The van der Waals surface area contributed by atoms with Gasteiger partial charge < -0.3 is 0 Å². The summed E-state index contributed by atoms with van der Waals surface area (Å²) in [5, 5.41) is 7.73. The molecule has 96 valence electrons. The summed E-state index contributed by atoms with van der Waals surface area (Å²) in [6.07, 6.45) is 0. The van der Waals surface area contributed by atoms with Crippen molar-refractivity contribution in [2.45, 2.75) is 13.0 Å². The lowest BCUT2D eigenvalue weighted by molar-refractivity contribution is 0.529. The molecule has 7 heteroatoms. The highest BCUT2D eigenvalue weighted by Crippen LogP contribution is 2.28. The van der Waals surface area contributed by atoms with Gasteiger partial charge in [0, 0.05) is 12.6 Å². The zero-order valence-electron chi connectivity index (χ0n) is 9.98. The second kappa shape index (κ2) is 5.13. The van der Waals surface area contributed by atoms with Crippen LogP contribution in [0.25, 0.3) is 0 Å². The molecule has 1 aromatic heterocycles. The van der Waals surface area contributed by atoms with Crippen LogP contribution in [0.2, 0.25) is 0 Å². The Morgan fingerprint density at radius 3 is 2.72 bits per heavy atom. The number of aromatic nitrogens is 3. The van der Waals surface area contributed by atoms with Gasteiger partial charge in [0.25, 0.3) is 0 Å². The molecule has 0 bridgehead atoms. The molecule has 0 saturated carbocycles. The molecule has 0 saturated heterocycles. The van der Waals surface area contributed by atoms with E-state index in [0.29, 0.717) is 15.9 Å². The van der Waals surface area contributed by atoms with Crippen molar-refractivity contribution in [2.24, 2.45) is 12.9 Å². The average Bonchev–Trinajstić information content (AvgIpc) is 2.64. The Bertz CT molecular complexity index is 549. The normalized spacial score (nSPS) is 12.7. The van der Waals surface area contributed by atoms with Crippen LogP contribution in [0.4, 0.5) is 4.39 Å². The van der Waals surface area contributed by atoms with Crippen molar-refractivity contribution in [1.82, 2.24) is 20.4 Å². The first-order valence-electron chi connectivity index (χ1n) is 5.32. The third kappa shape index (κ3) is 2.29. The molecule has 0 fully saturated rings. The quantitative estimate of drug-likeness (QED) is 0.667. The first-order chi connectivity index (χ1) is 8.54. The monoisotopic (exact) mass is 313 g/mol. The third-order valence-electron chi connectivity index (χ3n) is 2.73. The lowest BCUT2D eigenvalue weighted by Crippen LogP contribution is -2.31. The van der Waals surface area contributed by atoms with Gasteiger partial charge in [-0.2, -0.15) is 0 Å². The molecule has 1 heterocycles. The van der Waals surface area contributed by atoms with Gasteiger partial charge in [-0.15, -0.1) is 5.10 Å². The topological polar surface area (TPSA) is 68.8 Å². The van der Waals surface area contributed by atoms with E-state index in [1.54, 1.807) is 17.8 Å². The predicted octanol–water partition coefficient (Wildman–Crippen LogP) is 1.58. The lowest BCUT2D eigenvalue weighted by Gasteiger charge is -2.17. The highest BCUT2D eigenvalue weighted by atomic mass is 79.9. The number of hydrazine groups is 1. The number of rotatable bonds is 3. The van der Waals surface area contributed by atoms with Crippen LogP contribution in [0.3, 0.4) is 0 Å². The summed E-state index contributed by atoms with van der Waals surface area (Å²) in [5.74, 6) is 5.22. The zero-order chi connectivity index (χ0) is 13.3. The summed E-state index contributed by atoms with van der Waals surface area (Å²) in [5.41, 5.74) is 4.57. The molecule has 3 N–H and O–H groups in total. The molecule has 1 aromatic carbocycles. The van der Waals surface area contributed by atoms with Crippen molar-refractivity contribution in [1.29, 1.82) is 0 Å². The van der Waals surface area contributed by atoms with Crippen molar-refractivity contribution in [3.8, 4) is 0 Å². The largest absolute Gasteiger partial charge is 0.271 e. The molecule has 1 atom stereocenters. The molecular weight excluding hydrogens is 301 g/mol. The number of nitrogens with one attached hydrogen (secondary N) is 1. The number of aryl methyl sites for hydroxylation is 2.